The Morgan fingerprint density at radius 2 is 1.94 bits per heavy atom. The number of pyridine rings is 1. The van der Waals surface area contributed by atoms with Crippen LogP contribution in [0.4, 0.5) is 0 Å². The van der Waals surface area contributed by atoms with Crippen molar-refractivity contribution < 1.29 is 4.79 Å². The van der Waals surface area contributed by atoms with Gasteiger partial charge in [0.1, 0.15) is 5.56 Å². The number of carbonyl (C=O) groups is 1. The summed E-state index contributed by atoms with van der Waals surface area (Å²) in [4.78, 5) is 25.8. The van der Waals surface area contributed by atoms with E-state index in [1.54, 1.807) is 17.2 Å². The van der Waals surface area contributed by atoms with Crippen molar-refractivity contribution in [1.29, 1.82) is 0 Å². The fourth-order valence-electron chi connectivity index (χ4n) is 1.67. The molecular formula is C12H17BrN2O2. The highest BCUT2D eigenvalue weighted by atomic mass is 79.9. The van der Waals surface area contributed by atoms with Crippen LogP contribution in [0.1, 0.15) is 31.1 Å². The normalized spacial score (nSPS) is 10.4. The van der Waals surface area contributed by atoms with Gasteiger partial charge in [0.15, 0.2) is 0 Å². The Morgan fingerprint density at radius 1 is 1.35 bits per heavy atom. The molecule has 1 aromatic rings. The standard InChI is InChI=1S/C12H17BrN2O2/c1-4-14(5-2)11(16)10-7-9(13)8-15(6-3)12(10)17/h7-8H,4-6H2,1-3H3. The topological polar surface area (TPSA) is 42.3 Å². The van der Waals surface area contributed by atoms with Crippen molar-refractivity contribution in [3.8, 4) is 0 Å². The molecule has 0 radical (unpaired) electrons. The van der Waals surface area contributed by atoms with E-state index >= 15 is 0 Å². The molecule has 0 fully saturated rings. The zero-order valence-corrected chi connectivity index (χ0v) is 12.0. The monoisotopic (exact) mass is 300 g/mol. The van der Waals surface area contributed by atoms with Gasteiger partial charge in [-0.1, -0.05) is 0 Å². The van der Waals surface area contributed by atoms with E-state index in [1.807, 2.05) is 20.8 Å². The first-order valence-electron chi connectivity index (χ1n) is 5.74. The molecule has 1 heterocycles. The maximum Gasteiger partial charge on any atom is 0.263 e. The lowest BCUT2D eigenvalue weighted by molar-refractivity contribution is 0.0770. The Hall–Kier alpha value is -1.10. The minimum Gasteiger partial charge on any atom is -0.339 e. The highest BCUT2D eigenvalue weighted by Crippen LogP contribution is 2.10. The first-order chi connectivity index (χ1) is 8.04. The fourth-order valence-corrected chi connectivity index (χ4v) is 2.14. The molecule has 0 aromatic carbocycles. The number of aryl methyl sites for hydroxylation is 1. The van der Waals surface area contributed by atoms with Gasteiger partial charge in [-0.05, 0) is 42.8 Å². The van der Waals surface area contributed by atoms with Crippen molar-refractivity contribution in [2.24, 2.45) is 0 Å². The van der Waals surface area contributed by atoms with Gasteiger partial charge < -0.3 is 9.47 Å². The summed E-state index contributed by atoms with van der Waals surface area (Å²) in [5, 5.41) is 0. The number of hydrogen-bond donors (Lipinski definition) is 0. The van der Waals surface area contributed by atoms with Gasteiger partial charge in [-0.15, -0.1) is 0 Å². The molecule has 0 saturated heterocycles. The van der Waals surface area contributed by atoms with Gasteiger partial charge in [0.25, 0.3) is 11.5 Å². The van der Waals surface area contributed by atoms with Gasteiger partial charge in [0.2, 0.25) is 0 Å². The third-order valence-corrected chi connectivity index (χ3v) is 3.11. The number of rotatable bonds is 4. The summed E-state index contributed by atoms with van der Waals surface area (Å²) in [6.07, 6.45) is 1.70. The summed E-state index contributed by atoms with van der Waals surface area (Å²) in [6.45, 7) is 7.44. The molecule has 0 aliphatic rings. The molecule has 0 aliphatic heterocycles. The number of nitrogens with zero attached hydrogens (tertiary/aromatic N) is 2. The number of carbonyl (C=O) groups excluding carboxylic acids is 1. The van der Waals surface area contributed by atoms with Crippen LogP contribution in [-0.4, -0.2) is 28.5 Å². The summed E-state index contributed by atoms with van der Waals surface area (Å²) < 4.78 is 2.27. The molecule has 0 atom stereocenters. The highest BCUT2D eigenvalue weighted by Gasteiger charge is 2.17. The average Bonchev–Trinajstić information content (AvgIpc) is 2.33. The molecule has 17 heavy (non-hydrogen) atoms. The Kier molecular flexibility index (Phi) is 4.93. The summed E-state index contributed by atoms with van der Waals surface area (Å²) >= 11 is 3.32. The van der Waals surface area contributed by atoms with Crippen molar-refractivity contribution >= 4 is 21.8 Å². The third kappa shape index (κ3) is 2.97. The highest BCUT2D eigenvalue weighted by molar-refractivity contribution is 9.10. The van der Waals surface area contributed by atoms with Gasteiger partial charge in [-0.25, -0.2) is 0 Å². The van der Waals surface area contributed by atoms with Crippen LogP contribution in [0.15, 0.2) is 21.5 Å². The summed E-state index contributed by atoms with van der Waals surface area (Å²) in [5.41, 5.74) is -0.00229. The summed E-state index contributed by atoms with van der Waals surface area (Å²) in [7, 11) is 0. The minimum atomic E-state index is -0.229. The SMILES string of the molecule is CCN(CC)C(=O)c1cc(Br)cn(CC)c1=O. The van der Waals surface area contributed by atoms with E-state index in [9.17, 15) is 9.59 Å². The Balaban J connectivity index is 3.26. The van der Waals surface area contributed by atoms with Crippen molar-refractivity contribution in [2.45, 2.75) is 27.3 Å². The van der Waals surface area contributed by atoms with Crippen LogP contribution in [0.2, 0.25) is 0 Å². The van der Waals surface area contributed by atoms with Crippen molar-refractivity contribution in [3.63, 3.8) is 0 Å². The maximum atomic E-state index is 12.1. The van der Waals surface area contributed by atoms with E-state index in [0.29, 0.717) is 19.6 Å². The molecule has 4 nitrogen and oxygen atoms in total. The second-order valence-corrected chi connectivity index (χ2v) is 4.56. The van der Waals surface area contributed by atoms with Crippen LogP contribution in [0.25, 0.3) is 0 Å². The molecule has 0 aliphatic carbocycles. The van der Waals surface area contributed by atoms with Crippen LogP contribution in [0.5, 0.6) is 0 Å². The van der Waals surface area contributed by atoms with E-state index in [0.717, 1.165) is 4.47 Å². The van der Waals surface area contributed by atoms with Crippen LogP contribution in [0.3, 0.4) is 0 Å². The fraction of sp³-hybridized carbons (Fsp3) is 0.500. The predicted octanol–water partition coefficient (Wildman–Crippen LogP) is 2.11. The summed E-state index contributed by atoms with van der Waals surface area (Å²) in [5.74, 6) is -0.205. The van der Waals surface area contributed by atoms with Gasteiger partial charge in [-0.2, -0.15) is 0 Å². The van der Waals surface area contributed by atoms with Crippen molar-refractivity contribution in [2.75, 3.05) is 13.1 Å². The maximum absolute atomic E-state index is 12.1. The molecule has 1 amide bonds. The lowest BCUT2D eigenvalue weighted by Gasteiger charge is -2.18. The molecule has 0 bridgehead atoms. The largest absolute Gasteiger partial charge is 0.339 e. The van der Waals surface area contributed by atoms with Crippen molar-refractivity contribution in [3.05, 3.63) is 32.7 Å². The Labute approximate surface area is 109 Å². The molecule has 1 aromatic heterocycles. The van der Waals surface area contributed by atoms with Crippen LogP contribution in [0, 0.1) is 0 Å². The summed E-state index contributed by atoms with van der Waals surface area (Å²) in [6, 6.07) is 1.59. The second-order valence-electron chi connectivity index (χ2n) is 3.64. The Morgan fingerprint density at radius 3 is 2.41 bits per heavy atom. The van der Waals surface area contributed by atoms with Crippen LogP contribution < -0.4 is 5.56 Å². The zero-order valence-electron chi connectivity index (χ0n) is 10.4. The van der Waals surface area contributed by atoms with E-state index in [4.69, 9.17) is 0 Å². The second kappa shape index (κ2) is 6.00. The minimum absolute atomic E-state index is 0.205. The first-order valence-corrected chi connectivity index (χ1v) is 6.53. The zero-order chi connectivity index (χ0) is 13.0. The smallest absolute Gasteiger partial charge is 0.263 e. The van der Waals surface area contributed by atoms with Gasteiger partial charge in [-0.3, -0.25) is 9.59 Å². The van der Waals surface area contributed by atoms with Crippen LogP contribution >= 0.6 is 15.9 Å². The molecule has 0 saturated carbocycles. The molecule has 1 rings (SSSR count). The van der Waals surface area contributed by atoms with E-state index in [1.165, 1.54) is 4.57 Å². The van der Waals surface area contributed by atoms with Gasteiger partial charge in [0.05, 0.1) is 0 Å². The molecule has 5 heteroatoms. The van der Waals surface area contributed by atoms with E-state index in [2.05, 4.69) is 15.9 Å². The van der Waals surface area contributed by atoms with Gasteiger partial charge in [0, 0.05) is 30.3 Å². The lowest BCUT2D eigenvalue weighted by atomic mass is 10.2. The number of hydrogen-bond acceptors (Lipinski definition) is 2. The molecule has 94 valence electrons. The Bertz CT molecular complexity index is 464. The van der Waals surface area contributed by atoms with Crippen molar-refractivity contribution in [1.82, 2.24) is 9.47 Å². The number of halogens is 1. The predicted molar refractivity (Wildman–Crippen MR) is 71.3 cm³/mol. The molecule has 0 N–H and O–H groups in total. The van der Waals surface area contributed by atoms with Gasteiger partial charge >= 0.3 is 0 Å². The first kappa shape index (κ1) is 14.0. The molecule has 0 unspecified atom stereocenters. The lowest BCUT2D eigenvalue weighted by Crippen LogP contribution is -2.36. The van der Waals surface area contributed by atoms with Crippen LogP contribution in [-0.2, 0) is 6.54 Å². The van der Waals surface area contributed by atoms with E-state index in [-0.39, 0.29) is 17.0 Å². The van der Waals surface area contributed by atoms with E-state index < -0.39 is 0 Å². The molecular weight excluding hydrogens is 284 g/mol. The third-order valence-electron chi connectivity index (χ3n) is 2.67. The number of aromatic nitrogens is 1. The number of amides is 1. The molecule has 0 spiro atoms. The quantitative estimate of drug-likeness (QED) is 0.855. The average molecular weight is 301 g/mol.